The number of aryl methyl sites for hydroxylation is 1. The van der Waals surface area contributed by atoms with E-state index in [1.54, 1.807) is 6.26 Å². The highest BCUT2D eigenvalue weighted by molar-refractivity contribution is 5.14. The summed E-state index contributed by atoms with van der Waals surface area (Å²) in [5.41, 5.74) is 1.20. The standard InChI is InChI=1S/C11H17NO2/c1-9-4-7-14-11(9)8-12(5-6-13)10-2-3-10/h4,7,10,13H,2-3,5-6,8H2,1H3. The third-order valence-corrected chi connectivity index (χ3v) is 2.77. The van der Waals surface area contributed by atoms with Gasteiger partial charge in [-0.3, -0.25) is 4.90 Å². The van der Waals surface area contributed by atoms with Crippen molar-refractivity contribution in [3.63, 3.8) is 0 Å². The molecule has 0 atom stereocenters. The van der Waals surface area contributed by atoms with Crippen molar-refractivity contribution < 1.29 is 9.52 Å². The van der Waals surface area contributed by atoms with Crippen LogP contribution in [0, 0.1) is 6.92 Å². The van der Waals surface area contributed by atoms with Crippen molar-refractivity contribution in [3.05, 3.63) is 23.7 Å². The molecule has 14 heavy (non-hydrogen) atoms. The van der Waals surface area contributed by atoms with E-state index in [9.17, 15) is 0 Å². The van der Waals surface area contributed by atoms with Crippen LogP contribution in [0.25, 0.3) is 0 Å². The zero-order valence-electron chi connectivity index (χ0n) is 8.57. The van der Waals surface area contributed by atoms with Gasteiger partial charge in [0.05, 0.1) is 19.4 Å². The van der Waals surface area contributed by atoms with Crippen molar-refractivity contribution in [2.24, 2.45) is 0 Å². The van der Waals surface area contributed by atoms with Gasteiger partial charge in [0, 0.05) is 12.6 Å². The Morgan fingerprint density at radius 3 is 2.86 bits per heavy atom. The largest absolute Gasteiger partial charge is 0.468 e. The zero-order valence-corrected chi connectivity index (χ0v) is 8.57. The van der Waals surface area contributed by atoms with Gasteiger partial charge in [-0.05, 0) is 31.4 Å². The summed E-state index contributed by atoms with van der Waals surface area (Å²) in [5.74, 6) is 1.03. The monoisotopic (exact) mass is 195 g/mol. The minimum Gasteiger partial charge on any atom is -0.468 e. The molecule has 1 aromatic rings. The highest BCUT2D eigenvalue weighted by atomic mass is 16.3. The molecule has 1 aliphatic rings. The molecule has 0 unspecified atom stereocenters. The fraction of sp³-hybridized carbons (Fsp3) is 0.636. The predicted octanol–water partition coefficient (Wildman–Crippen LogP) is 1.54. The average molecular weight is 195 g/mol. The van der Waals surface area contributed by atoms with Crippen LogP contribution >= 0.6 is 0 Å². The molecule has 1 aliphatic carbocycles. The normalized spacial score (nSPS) is 16.5. The number of rotatable bonds is 5. The van der Waals surface area contributed by atoms with E-state index in [0.29, 0.717) is 6.04 Å². The van der Waals surface area contributed by atoms with Gasteiger partial charge in [0.2, 0.25) is 0 Å². The first-order chi connectivity index (χ1) is 6.81. The molecular weight excluding hydrogens is 178 g/mol. The smallest absolute Gasteiger partial charge is 0.120 e. The van der Waals surface area contributed by atoms with E-state index in [4.69, 9.17) is 9.52 Å². The number of aliphatic hydroxyl groups excluding tert-OH is 1. The van der Waals surface area contributed by atoms with Crippen LogP contribution in [0.4, 0.5) is 0 Å². The molecule has 0 radical (unpaired) electrons. The van der Waals surface area contributed by atoms with Crippen molar-refractivity contribution in [3.8, 4) is 0 Å². The van der Waals surface area contributed by atoms with Gasteiger partial charge in [0.15, 0.2) is 0 Å². The van der Waals surface area contributed by atoms with E-state index in [2.05, 4.69) is 11.8 Å². The fourth-order valence-corrected chi connectivity index (χ4v) is 1.71. The summed E-state index contributed by atoms with van der Waals surface area (Å²) in [6, 6.07) is 2.66. The Morgan fingerprint density at radius 2 is 2.36 bits per heavy atom. The maximum absolute atomic E-state index is 8.94. The molecule has 0 aliphatic heterocycles. The van der Waals surface area contributed by atoms with E-state index in [0.717, 1.165) is 18.8 Å². The number of hydrogen-bond acceptors (Lipinski definition) is 3. The Bertz CT molecular complexity index is 291. The molecule has 1 N–H and O–H groups in total. The van der Waals surface area contributed by atoms with Crippen LogP contribution in [0.15, 0.2) is 16.7 Å². The van der Waals surface area contributed by atoms with Gasteiger partial charge in [-0.1, -0.05) is 0 Å². The summed E-state index contributed by atoms with van der Waals surface area (Å²) in [6.07, 6.45) is 4.26. The molecule has 0 aromatic carbocycles. The first-order valence-electron chi connectivity index (χ1n) is 5.19. The lowest BCUT2D eigenvalue weighted by molar-refractivity contribution is 0.173. The third-order valence-electron chi connectivity index (χ3n) is 2.77. The zero-order chi connectivity index (χ0) is 9.97. The van der Waals surface area contributed by atoms with Crippen LogP contribution in [-0.2, 0) is 6.54 Å². The van der Waals surface area contributed by atoms with Crippen LogP contribution in [0.3, 0.4) is 0 Å². The van der Waals surface area contributed by atoms with Crippen molar-refractivity contribution in [1.82, 2.24) is 4.90 Å². The van der Waals surface area contributed by atoms with E-state index in [1.165, 1.54) is 18.4 Å². The molecule has 1 saturated carbocycles. The quantitative estimate of drug-likeness (QED) is 0.774. The maximum Gasteiger partial charge on any atom is 0.120 e. The lowest BCUT2D eigenvalue weighted by Gasteiger charge is -2.19. The van der Waals surface area contributed by atoms with E-state index in [1.807, 2.05) is 6.07 Å². The van der Waals surface area contributed by atoms with Crippen LogP contribution in [0.5, 0.6) is 0 Å². The number of nitrogens with zero attached hydrogens (tertiary/aromatic N) is 1. The van der Waals surface area contributed by atoms with Gasteiger partial charge in [-0.2, -0.15) is 0 Å². The van der Waals surface area contributed by atoms with Crippen molar-refractivity contribution in [1.29, 1.82) is 0 Å². The molecule has 0 amide bonds. The van der Waals surface area contributed by atoms with E-state index >= 15 is 0 Å². The lowest BCUT2D eigenvalue weighted by atomic mass is 10.2. The average Bonchev–Trinajstić information content (AvgIpc) is 2.93. The molecule has 0 saturated heterocycles. The van der Waals surface area contributed by atoms with Crippen molar-refractivity contribution in [2.45, 2.75) is 32.4 Å². The molecule has 1 fully saturated rings. The fourth-order valence-electron chi connectivity index (χ4n) is 1.71. The summed E-state index contributed by atoms with van der Waals surface area (Å²) in [7, 11) is 0. The van der Waals surface area contributed by atoms with Crippen LogP contribution < -0.4 is 0 Å². The second kappa shape index (κ2) is 4.15. The maximum atomic E-state index is 8.94. The second-order valence-corrected chi connectivity index (χ2v) is 3.95. The number of aliphatic hydroxyl groups is 1. The first kappa shape index (κ1) is 9.74. The first-order valence-corrected chi connectivity index (χ1v) is 5.19. The van der Waals surface area contributed by atoms with Crippen LogP contribution in [0.2, 0.25) is 0 Å². The molecule has 78 valence electrons. The van der Waals surface area contributed by atoms with Crippen LogP contribution in [-0.4, -0.2) is 29.2 Å². The topological polar surface area (TPSA) is 36.6 Å². The molecule has 0 bridgehead atoms. The summed E-state index contributed by atoms with van der Waals surface area (Å²) >= 11 is 0. The number of furan rings is 1. The summed E-state index contributed by atoms with van der Waals surface area (Å²) in [5, 5.41) is 8.94. The molecule has 1 aromatic heterocycles. The van der Waals surface area contributed by atoms with Crippen molar-refractivity contribution >= 4 is 0 Å². The van der Waals surface area contributed by atoms with Gasteiger partial charge >= 0.3 is 0 Å². The summed E-state index contributed by atoms with van der Waals surface area (Å²) in [4.78, 5) is 2.30. The molecule has 3 nitrogen and oxygen atoms in total. The summed E-state index contributed by atoms with van der Waals surface area (Å²) in [6.45, 7) is 3.88. The molecule has 1 heterocycles. The van der Waals surface area contributed by atoms with Crippen LogP contribution in [0.1, 0.15) is 24.2 Å². The highest BCUT2D eigenvalue weighted by Crippen LogP contribution is 2.28. The minimum atomic E-state index is 0.232. The van der Waals surface area contributed by atoms with E-state index < -0.39 is 0 Å². The minimum absolute atomic E-state index is 0.232. The van der Waals surface area contributed by atoms with Crippen molar-refractivity contribution in [2.75, 3.05) is 13.2 Å². The lowest BCUT2D eigenvalue weighted by Crippen LogP contribution is -2.28. The van der Waals surface area contributed by atoms with Gasteiger partial charge in [0.25, 0.3) is 0 Å². The van der Waals surface area contributed by atoms with Gasteiger partial charge < -0.3 is 9.52 Å². The Hall–Kier alpha value is -0.800. The SMILES string of the molecule is Cc1ccoc1CN(CCO)C1CC1. The Labute approximate surface area is 84.3 Å². The molecular formula is C11H17NO2. The Balaban J connectivity index is 1.96. The molecule has 3 heteroatoms. The molecule has 0 spiro atoms. The van der Waals surface area contributed by atoms with E-state index in [-0.39, 0.29) is 6.61 Å². The third kappa shape index (κ3) is 2.16. The summed E-state index contributed by atoms with van der Waals surface area (Å²) < 4.78 is 5.40. The number of hydrogen-bond donors (Lipinski definition) is 1. The second-order valence-electron chi connectivity index (χ2n) is 3.95. The van der Waals surface area contributed by atoms with Gasteiger partial charge in [-0.25, -0.2) is 0 Å². The van der Waals surface area contributed by atoms with Gasteiger partial charge in [-0.15, -0.1) is 0 Å². The Morgan fingerprint density at radius 1 is 1.57 bits per heavy atom. The Kier molecular flexibility index (Phi) is 2.89. The predicted molar refractivity (Wildman–Crippen MR) is 54.0 cm³/mol. The highest BCUT2D eigenvalue weighted by Gasteiger charge is 2.29. The molecule has 2 rings (SSSR count). The van der Waals surface area contributed by atoms with Gasteiger partial charge in [0.1, 0.15) is 5.76 Å².